The van der Waals surface area contributed by atoms with Crippen molar-refractivity contribution < 1.29 is 4.79 Å². The molecule has 1 aliphatic carbocycles. The molecule has 0 aromatic heterocycles. The Labute approximate surface area is 111 Å². The van der Waals surface area contributed by atoms with Crippen molar-refractivity contribution in [1.82, 2.24) is 0 Å². The lowest BCUT2D eigenvalue weighted by atomic mass is 10.1. The van der Waals surface area contributed by atoms with Gasteiger partial charge in [0.1, 0.15) is 0 Å². The molecule has 0 saturated heterocycles. The SMILES string of the molecule is Cc1cc(NC(=O)C2CCCC2)cc(C)c1Br. The Bertz CT molecular complexity index is 413. The summed E-state index contributed by atoms with van der Waals surface area (Å²) in [5.41, 5.74) is 3.23. The van der Waals surface area contributed by atoms with Gasteiger partial charge in [0.2, 0.25) is 5.91 Å². The van der Waals surface area contributed by atoms with Crippen molar-refractivity contribution in [3.8, 4) is 0 Å². The summed E-state index contributed by atoms with van der Waals surface area (Å²) in [5.74, 6) is 0.405. The smallest absolute Gasteiger partial charge is 0.227 e. The first kappa shape index (κ1) is 12.6. The molecule has 1 aromatic rings. The quantitative estimate of drug-likeness (QED) is 0.871. The maximum atomic E-state index is 12.0. The van der Waals surface area contributed by atoms with Crippen LogP contribution in [0.3, 0.4) is 0 Å². The van der Waals surface area contributed by atoms with E-state index in [0.29, 0.717) is 0 Å². The number of amides is 1. The van der Waals surface area contributed by atoms with Crippen LogP contribution in [0.4, 0.5) is 5.69 Å². The maximum absolute atomic E-state index is 12.0. The fraction of sp³-hybridized carbons (Fsp3) is 0.500. The second-order valence-electron chi connectivity index (χ2n) is 4.89. The Hall–Kier alpha value is -0.830. The number of hydrogen-bond acceptors (Lipinski definition) is 1. The second-order valence-corrected chi connectivity index (χ2v) is 5.69. The molecule has 1 saturated carbocycles. The highest BCUT2D eigenvalue weighted by atomic mass is 79.9. The second kappa shape index (κ2) is 5.21. The van der Waals surface area contributed by atoms with Gasteiger partial charge in [-0.15, -0.1) is 0 Å². The predicted octanol–water partition coefficient (Wildman–Crippen LogP) is 4.19. The van der Waals surface area contributed by atoms with Crippen molar-refractivity contribution in [1.29, 1.82) is 0 Å². The molecule has 0 spiro atoms. The number of anilines is 1. The minimum atomic E-state index is 0.184. The molecular weight excluding hydrogens is 278 g/mol. The third kappa shape index (κ3) is 2.89. The number of hydrogen-bond donors (Lipinski definition) is 1. The number of halogens is 1. The Morgan fingerprint density at radius 2 is 1.76 bits per heavy atom. The van der Waals surface area contributed by atoms with Crippen molar-refractivity contribution in [2.45, 2.75) is 39.5 Å². The monoisotopic (exact) mass is 295 g/mol. The van der Waals surface area contributed by atoms with E-state index >= 15 is 0 Å². The topological polar surface area (TPSA) is 29.1 Å². The van der Waals surface area contributed by atoms with Crippen LogP contribution in [-0.4, -0.2) is 5.91 Å². The number of carbonyl (C=O) groups excluding carboxylic acids is 1. The van der Waals surface area contributed by atoms with Crippen molar-refractivity contribution in [2.24, 2.45) is 5.92 Å². The molecule has 0 bridgehead atoms. The number of carbonyl (C=O) groups is 1. The molecule has 92 valence electrons. The van der Waals surface area contributed by atoms with Gasteiger partial charge in [-0.05, 0) is 49.9 Å². The Balaban J connectivity index is 2.10. The lowest BCUT2D eigenvalue weighted by Gasteiger charge is -2.12. The van der Waals surface area contributed by atoms with E-state index in [9.17, 15) is 4.79 Å². The molecule has 0 aliphatic heterocycles. The lowest BCUT2D eigenvalue weighted by Crippen LogP contribution is -2.20. The molecule has 0 atom stereocenters. The van der Waals surface area contributed by atoms with Gasteiger partial charge in [0.05, 0.1) is 0 Å². The Morgan fingerprint density at radius 3 is 2.29 bits per heavy atom. The number of nitrogens with one attached hydrogen (secondary N) is 1. The minimum Gasteiger partial charge on any atom is -0.326 e. The molecule has 1 aromatic carbocycles. The van der Waals surface area contributed by atoms with E-state index in [1.54, 1.807) is 0 Å². The van der Waals surface area contributed by atoms with E-state index in [2.05, 4.69) is 21.2 Å². The van der Waals surface area contributed by atoms with Crippen molar-refractivity contribution >= 4 is 27.5 Å². The first-order valence-electron chi connectivity index (χ1n) is 6.15. The average Bonchev–Trinajstić information content (AvgIpc) is 2.79. The Morgan fingerprint density at radius 1 is 1.24 bits per heavy atom. The van der Waals surface area contributed by atoms with Gasteiger partial charge in [-0.1, -0.05) is 28.8 Å². The zero-order valence-electron chi connectivity index (χ0n) is 10.3. The first-order chi connectivity index (χ1) is 8.08. The van der Waals surface area contributed by atoms with Gasteiger partial charge in [0.25, 0.3) is 0 Å². The molecule has 0 radical (unpaired) electrons. The van der Waals surface area contributed by atoms with E-state index in [1.807, 2.05) is 26.0 Å². The van der Waals surface area contributed by atoms with E-state index in [1.165, 1.54) is 12.8 Å². The molecule has 3 heteroatoms. The molecule has 1 fully saturated rings. The summed E-state index contributed by atoms with van der Waals surface area (Å²) in [4.78, 5) is 12.0. The van der Waals surface area contributed by atoms with Gasteiger partial charge >= 0.3 is 0 Å². The molecule has 1 amide bonds. The van der Waals surface area contributed by atoms with Gasteiger partial charge in [0, 0.05) is 16.1 Å². The minimum absolute atomic E-state index is 0.184. The summed E-state index contributed by atoms with van der Waals surface area (Å²) in [5, 5.41) is 3.03. The number of benzene rings is 1. The molecule has 1 N–H and O–H groups in total. The van der Waals surface area contributed by atoms with Crippen LogP contribution in [0.2, 0.25) is 0 Å². The van der Waals surface area contributed by atoms with Crippen molar-refractivity contribution in [2.75, 3.05) is 5.32 Å². The number of rotatable bonds is 2. The highest BCUT2D eigenvalue weighted by Gasteiger charge is 2.22. The van der Waals surface area contributed by atoms with Gasteiger partial charge in [-0.3, -0.25) is 4.79 Å². The third-order valence-electron chi connectivity index (χ3n) is 3.43. The molecule has 2 rings (SSSR count). The average molecular weight is 296 g/mol. The largest absolute Gasteiger partial charge is 0.326 e. The first-order valence-corrected chi connectivity index (χ1v) is 6.95. The normalized spacial score (nSPS) is 16.2. The molecule has 2 nitrogen and oxygen atoms in total. The Kier molecular flexibility index (Phi) is 3.87. The standard InChI is InChI=1S/C14H18BrNO/c1-9-7-12(8-10(2)13(9)15)16-14(17)11-5-3-4-6-11/h7-8,11H,3-6H2,1-2H3,(H,16,17). The fourth-order valence-corrected chi connectivity index (χ4v) is 2.68. The summed E-state index contributed by atoms with van der Waals surface area (Å²) in [6.07, 6.45) is 4.47. The summed E-state index contributed by atoms with van der Waals surface area (Å²) in [6, 6.07) is 4.04. The highest BCUT2D eigenvalue weighted by Crippen LogP contribution is 2.28. The molecule has 0 heterocycles. The van der Waals surface area contributed by atoms with Gasteiger partial charge in [-0.2, -0.15) is 0 Å². The molecule has 17 heavy (non-hydrogen) atoms. The van der Waals surface area contributed by atoms with Crippen LogP contribution >= 0.6 is 15.9 Å². The van der Waals surface area contributed by atoms with Crippen molar-refractivity contribution in [3.05, 3.63) is 27.7 Å². The summed E-state index contributed by atoms with van der Waals surface area (Å²) >= 11 is 3.53. The lowest BCUT2D eigenvalue weighted by molar-refractivity contribution is -0.119. The van der Waals surface area contributed by atoms with Crippen LogP contribution in [0, 0.1) is 19.8 Å². The zero-order valence-corrected chi connectivity index (χ0v) is 11.9. The molecule has 0 unspecified atom stereocenters. The summed E-state index contributed by atoms with van der Waals surface area (Å²) < 4.78 is 1.12. The van der Waals surface area contributed by atoms with Crippen LogP contribution in [-0.2, 0) is 4.79 Å². The third-order valence-corrected chi connectivity index (χ3v) is 4.68. The van der Waals surface area contributed by atoms with Gasteiger partial charge in [0.15, 0.2) is 0 Å². The van der Waals surface area contributed by atoms with Crippen LogP contribution in [0.15, 0.2) is 16.6 Å². The molecular formula is C14H18BrNO. The van der Waals surface area contributed by atoms with Crippen LogP contribution < -0.4 is 5.32 Å². The maximum Gasteiger partial charge on any atom is 0.227 e. The summed E-state index contributed by atoms with van der Waals surface area (Å²) in [7, 11) is 0. The summed E-state index contributed by atoms with van der Waals surface area (Å²) in [6.45, 7) is 4.09. The number of aryl methyl sites for hydroxylation is 2. The van der Waals surface area contributed by atoms with E-state index in [4.69, 9.17) is 0 Å². The van der Waals surface area contributed by atoms with Gasteiger partial charge < -0.3 is 5.32 Å². The zero-order chi connectivity index (χ0) is 12.4. The van der Waals surface area contributed by atoms with E-state index < -0.39 is 0 Å². The fourth-order valence-electron chi connectivity index (χ4n) is 2.45. The highest BCUT2D eigenvalue weighted by molar-refractivity contribution is 9.10. The van der Waals surface area contributed by atoms with Crippen LogP contribution in [0.25, 0.3) is 0 Å². The van der Waals surface area contributed by atoms with E-state index in [0.717, 1.165) is 34.1 Å². The van der Waals surface area contributed by atoms with E-state index in [-0.39, 0.29) is 11.8 Å². The van der Waals surface area contributed by atoms with Gasteiger partial charge in [-0.25, -0.2) is 0 Å². The van der Waals surface area contributed by atoms with Crippen molar-refractivity contribution in [3.63, 3.8) is 0 Å². The predicted molar refractivity (Wildman–Crippen MR) is 74.2 cm³/mol. The molecule has 1 aliphatic rings. The van der Waals surface area contributed by atoms with Crippen LogP contribution in [0.5, 0.6) is 0 Å². The van der Waals surface area contributed by atoms with Crippen LogP contribution in [0.1, 0.15) is 36.8 Å².